The van der Waals surface area contributed by atoms with Gasteiger partial charge in [0.25, 0.3) is 12.9 Å². The molecule has 0 atom stereocenters. The van der Waals surface area contributed by atoms with Gasteiger partial charge in [0.2, 0.25) is 22.8 Å². The van der Waals surface area contributed by atoms with Crippen LogP contribution >= 0.6 is 0 Å². The van der Waals surface area contributed by atoms with Gasteiger partial charge in [-0.3, -0.25) is 19.2 Å². The molecule has 4 heterocycles. The number of hydrogen-bond acceptors (Lipinski definition) is 14. The molecule has 0 radical (unpaired) electrons. The number of nitrogens with zero attached hydrogens (tertiary/aromatic N) is 9. The van der Waals surface area contributed by atoms with Crippen LogP contribution in [-0.4, -0.2) is 102 Å². The molecule has 0 fully saturated rings. The van der Waals surface area contributed by atoms with Gasteiger partial charge in [-0.05, 0) is 141 Å². The van der Waals surface area contributed by atoms with Crippen molar-refractivity contribution in [1.29, 1.82) is 26.3 Å². The van der Waals surface area contributed by atoms with Crippen LogP contribution in [-0.2, 0) is 55.0 Å². The van der Waals surface area contributed by atoms with Gasteiger partial charge in [-0.15, -0.1) is 0 Å². The molecule has 119 heavy (non-hydrogen) atoms. The van der Waals surface area contributed by atoms with E-state index in [-0.39, 0.29) is 69.0 Å². The number of rotatable bonds is 22. The van der Waals surface area contributed by atoms with E-state index in [2.05, 4.69) is 168 Å². The van der Waals surface area contributed by atoms with Gasteiger partial charge in [0.15, 0.2) is 13.1 Å². The average Bonchev–Trinajstić information content (AvgIpc) is 1.59. The number of carboxylic acids is 2. The minimum Gasteiger partial charge on any atom is -0.494 e. The molecule has 0 aliphatic carbocycles. The topological polar surface area (TPSA) is 268 Å². The summed E-state index contributed by atoms with van der Waals surface area (Å²) in [5.41, 5.74) is 8.24. The number of anilines is 2. The predicted molar refractivity (Wildman–Crippen MR) is 467 cm³/mol. The summed E-state index contributed by atoms with van der Waals surface area (Å²) in [4.78, 5) is 51.2. The number of carboxylic acid groups (broad SMARTS) is 2. The number of carbonyl (C=O) groups is 4. The van der Waals surface area contributed by atoms with Crippen LogP contribution < -0.4 is 9.80 Å². The number of benzene rings is 12. The van der Waals surface area contributed by atoms with E-state index in [0.29, 0.717) is 59.2 Å². The van der Waals surface area contributed by atoms with Crippen LogP contribution in [0, 0.1) is 56.7 Å². The molecule has 4 aliphatic rings. The van der Waals surface area contributed by atoms with Crippen LogP contribution in [0.15, 0.2) is 263 Å². The maximum Gasteiger partial charge on any atom is 0.309 e. The van der Waals surface area contributed by atoms with Gasteiger partial charge in [-0.2, -0.15) is 35.5 Å². The van der Waals surface area contributed by atoms with Crippen molar-refractivity contribution in [3.63, 3.8) is 0 Å². The molecule has 4 aliphatic heterocycles. The number of fused-ring (bicyclic) bond motifs is 24. The summed E-state index contributed by atoms with van der Waals surface area (Å²) >= 11 is 0. The first-order valence-electron chi connectivity index (χ1n) is 39.6. The molecular formula is C101H85N9O9+2. The van der Waals surface area contributed by atoms with Crippen molar-refractivity contribution in [2.75, 3.05) is 55.8 Å². The first kappa shape index (κ1) is 79.5. The Morgan fingerprint density at radius 3 is 1.01 bits per heavy atom. The fraction of sp³-hybridized carbons (Fsp3) is 0.218. The van der Waals surface area contributed by atoms with Crippen molar-refractivity contribution in [1.82, 2.24) is 0 Å². The minimum absolute atomic E-state index is 0.0548. The highest BCUT2D eigenvalue weighted by molar-refractivity contribution is 6.24. The fourth-order valence-corrected chi connectivity index (χ4v) is 19.6. The normalized spacial score (nSPS) is 16.5. The van der Waals surface area contributed by atoms with Crippen molar-refractivity contribution in [2.24, 2.45) is 0 Å². The number of allylic oxidation sites excluding steroid dienone is 11. The largest absolute Gasteiger partial charge is 0.494 e. The third-order valence-electron chi connectivity index (χ3n) is 23.9. The van der Waals surface area contributed by atoms with Gasteiger partial charge >= 0.3 is 11.9 Å². The summed E-state index contributed by atoms with van der Waals surface area (Å²) in [7, 11) is 0. The summed E-state index contributed by atoms with van der Waals surface area (Å²) in [6, 6.07) is 77.2. The quantitative estimate of drug-likeness (QED) is 0.0121. The highest BCUT2D eigenvalue weighted by atomic mass is 16.5. The maximum absolute atomic E-state index is 12.2. The first-order valence-corrected chi connectivity index (χ1v) is 39.6. The average molecular weight is 1570 g/mol. The Morgan fingerprint density at radius 2 is 0.689 bits per heavy atom. The van der Waals surface area contributed by atoms with E-state index in [1.54, 1.807) is 12.2 Å². The molecule has 0 saturated heterocycles. The van der Waals surface area contributed by atoms with E-state index >= 15 is 0 Å². The van der Waals surface area contributed by atoms with Crippen LogP contribution in [0.5, 0.6) is 0 Å². The zero-order chi connectivity index (χ0) is 84.0. The number of carbonyl (C=O) groups excluding carboxylic acids is 2. The molecule has 0 aromatic heterocycles. The van der Waals surface area contributed by atoms with E-state index in [9.17, 15) is 55.7 Å². The highest BCUT2D eigenvalue weighted by Crippen LogP contribution is 2.59. The van der Waals surface area contributed by atoms with Gasteiger partial charge in [0.1, 0.15) is 67.2 Å². The Kier molecular flexibility index (Phi) is 21.2. The second-order valence-electron chi connectivity index (χ2n) is 32.1. The highest BCUT2D eigenvalue weighted by Gasteiger charge is 2.53. The van der Waals surface area contributed by atoms with Gasteiger partial charge in [-0.1, -0.05) is 210 Å². The molecular weight excluding hydrogens is 1480 g/mol. The summed E-state index contributed by atoms with van der Waals surface area (Å²) < 4.78 is 20.7. The van der Waals surface area contributed by atoms with Crippen LogP contribution in [0.1, 0.15) is 97.4 Å². The van der Waals surface area contributed by atoms with Crippen LogP contribution in [0.3, 0.4) is 0 Å². The molecule has 0 saturated carbocycles. The molecule has 18 nitrogen and oxygen atoms in total. The molecule has 12 aromatic carbocycles. The molecule has 16 rings (SSSR count). The Balaban J connectivity index is 0.000000186. The van der Waals surface area contributed by atoms with Crippen molar-refractivity contribution >= 4 is 145 Å². The monoisotopic (exact) mass is 1570 g/mol. The van der Waals surface area contributed by atoms with E-state index in [0.717, 1.165) is 131 Å². The first-order chi connectivity index (χ1) is 57.5. The van der Waals surface area contributed by atoms with Gasteiger partial charge < -0.3 is 34.2 Å². The van der Waals surface area contributed by atoms with Crippen molar-refractivity contribution < 1.29 is 52.8 Å². The van der Waals surface area contributed by atoms with Crippen molar-refractivity contribution in [3.05, 3.63) is 286 Å². The van der Waals surface area contributed by atoms with E-state index in [1.807, 2.05) is 138 Å². The summed E-state index contributed by atoms with van der Waals surface area (Å²) in [5.74, 6) is -1.62. The second kappa shape index (κ2) is 31.8. The van der Waals surface area contributed by atoms with Crippen LogP contribution in [0.4, 0.5) is 22.7 Å². The zero-order valence-corrected chi connectivity index (χ0v) is 67.6. The van der Waals surface area contributed by atoms with Crippen molar-refractivity contribution in [3.8, 4) is 30.3 Å². The molecule has 18 heteroatoms. The van der Waals surface area contributed by atoms with E-state index < -0.39 is 33.6 Å². The maximum atomic E-state index is 12.2. The lowest BCUT2D eigenvalue weighted by atomic mass is 9.76. The number of ether oxygens (including phenoxy) is 3. The summed E-state index contributed by atoms with van der Waals surface area (Å²) in [6.45, 7) is 20.4. The predicted octanol–water partition coefficient (Wildman–Crippen LogP) is 20.1. The molecule has 0 amide bonds. The fourth-order valence-electron chi connectivity index (χ4n) is 19.6. The minimum atomic E-state index is -0.977. The smallest absolute Gasteiger partial charge is 0.309 e. The Morgan fingerprint density at radius 1 is 0.387 bits per heavy atom. The van der Waals surface area contributed by atoms with Gasteiger partial charge in [-0.25, -0.2) is 0 Å². The van der Waals surface area contributed by atoms with Crippen LogP contribution in [0.2, 0.25) is 0 Å². The lowest BCUT2D eigenvalue weighted by molar-refractivity contribution is -0.435. The Labute approximate surface area is 689 Å². The van der Waals surface area contributed by atoms with Crippen LogP contribution in [0.25, 0.3) is 86.2 Å². The Bertz CT molecular complexity index is 6910. The molecule has 0 unspecified atom stereocenters. The number of aliphatic carboxylic acids is 2. The van der Waals surface area contributed by atoms with Gasteiger partial charge in [0, 0.05) is 50.2 Å². The zero-order valence-electron chi connectivity index (χ0n) is 67.6. The lowest BCUT2D eigenvalue weighted by Crippen LogP contribution is -2.32. The molecule has 2 N–H and O–H groups in total. The number of hydrogen-bond donors (Lipinski definition) is 2. The van der Waals surface area contributed by atoms with E-state index in [4.69, 9.17) is 14.2 Å². The molecule has 0 bridgehead atoms. The second-order valence-corrected chi connectivity index (χ2v) is 32.1. The third kappa shape index (κ3) is 13.3. The summed E-state index contributed by atoms with van der Waals surface area (Å²) in [5, 5.41) is 91.3. The number of nitriles is 5. The lowest BCUT2D eigenvalue weighted by Gasteiger charge is -2.28. The molecule has 12 aromatic rings. The standard InChI is InChI=1S/C51H44N4O5.C50H39N5O4/c1-6-60-34(27-32(29-52)48-50(2,3)44-39-19-11-7-15-35(39)37-17-9-13-21-41(37)46(44)54(48)24-23-43(57)58)28-33(30-53)49-51(4,5)45-40-20-12-8-16-36(40)38-18-10-14-22-42(38)47(45)55(49)25-26-59-31-56;1-49(2)43-38-17-9-5-13-34(38)36-15-7-11-19-40(36)45(43)54(22-21-42(57)58)47(49)32(28-52)25-31(27-51)26-33(29-53)48-50(3,4)44-39-18-10-6-14-35(39)37-16-8-12-20-41(37)46(44)55(48)23-24-59-30-56/h7-22,27-28,31H,6,23-26H2,1-5H3;5-20,25-26,30H,21-24H2,1-4H3/p+2. The van der Waals surface area contributed by atoms with E-state index in [1.165, 1.54) is 12.2 Å². The SMILES string of the molecule is CC1(C)C(/C(C#N)=C/C(C#N)=C/C(C#N)=C2\N(CCOC=O)c3c(c4ccccc4c4ccccc34)C2(C)C)=[N+](CCC(=O)O)c2c1c1ccccc1c1ccccc21.CCOC(=C\C(C#N)=C1/N(CCOC=O)c2c(c3ccccc3c3ccccc23)C1(C)C)/C=C(\C#N)C1=[N+](CCC(=O)O)c2c(c3ccccc3c3ccccc23)C1(C)C. The molecule has 586 valence electrons. The molecule has 0 spiro atoms. The van der Waals surface area contributed by atoms with Gasteiger partial charge in [0.05, 0.1) is 75.5 Å². The summed E-state index contributed by atoms with van der Waals surface area (Å²) in [6.07, 6.45) is 6.08. The Hall–Kier alpha value is -14.8. The third-order valence-corrected chi connectivity index (χ3v) is 23.9. The van der Waals surface area contributed by atoms with Crippen molar-refractivity contribution in [2.45, 2.75) is 96.8 Å².